The van der Waals surface area contributed by atoms with E-state index in [1.165, 1.54) is 0 Å². The average Bonchev–Trinajstić information content (AvgIpc) is 2.62. The first-order valence-corrected chi connectivity index (χ1v) is 7.64. The molecule has 0 bridgehead atoms. The SMILES string of the molecule is Cc1n[nH]c(C)c1S(=O)(=O)NC1CCNCC1C. The van der Waals surface area contributed by atoms with Crippen LogP contribution < -0.4 is 10.0 Å². The molecule has 1 aromatic heterocycles. The van der Waals surface area contributed by atoms with Gasteiger partial charge in [0, 0.05) is 6.04 Å². The van der Waals surface area contributed by atoms with Gasteiger partial charge in [-0.15, -0.1) is 0 Å². The molecular formula is C11H20N4O2S. The van der Waals surface area contributed by atoms with E-state index in [4.69, 9.17) is 0 Å². The fourth-order valence-corrected chi connectivity index (χ4v) is 4.13. The van der Waals surface area contributed by atoms with Crippen LogP contribution in [0.2, 0.25) is 0 Å². The van der Waals surface area contributed by atoms with E-state index in [2.05, 4.69) is 27.2 Å². The second-order valence-corrected chi connectivity index (χ2v) is 6.61. The van der Waals surface area contributed by atoms with Gasteiger partial charge in [-0.05, 0) is 39.3 Å². The molecule has 0 radical (unpaired) electrons. The Hall–Kier alpha value is -0.920. The lowest BCUT2D eigenvalue weighted by molar-refractivity contribution is 0.328. The Morgan fingerprint density at radius 2 is 2.11 bits per heavy atom. The molecular weight excluding hydrogens is 252 g/mol. The van der Waals surface area contributed by atoms with Crippen molar-refractivity contribution in [3.05, 3.63) is 11.4 Å². The Bertz CT molecular complexity index is 504. The molecule has 2 unspecified atom stereocenters. The van der Waals surface area contributed by atoms with Crippen LogP contribution in [0.5, 0.6) is 0 Å². The number of hydrogen-bond donors (Lipinski definition) is 3. The van der Waals surface area contributed by atoms with Gasteiger partial charge in [-0.1, -0.05) is 6.92 Å². The van der Waals surface area contributed by atoms with Crippen LogP contribution in [0.3, 0.4) is 0 Å². The first-order valence-electron chi connectivity index (χ1n) is 6.16. The number of aryl methyl sites for hydroxylation is 2. The predicted molar refractivity (Wildman–Crippen MR) is 68.8 cm³/mol. The molecule has 1 fully saturated rings. The van der Waals surface area contributed by atoms with Crippen molar-refractivity contribution in [1.29, 1.82) is 0 Å². The zero-order chi connectivity index (χ0) is 13.3. The molecule has 1 aliphatic rings. The summed E-state index contributed by atoms with van der Waals surface area (Å²) in [5.74, 6) is 0.293. The quantitative estimate of drug-likeness (QED) is 0.739. The minimum atomic E-state index is -3.48. The predicted octanol–water partition coefficient (Wildman–Crippen LogP) is 0.303. The van der Waals surface area contributed by atoms with Crippen LogP contribution in [0.25, 0.3) is 0 Å². The van der Waals surface area contributed by atoms with Gasteiger partial charge < -0.3 is 5.32 Å². The lowest BCUT2D eigenvalue weighted by Crippen LogP contribution is -2.48. The number of aromatic nitrogens is 2. The van der Waals surface area contributed by atoms with Gasteiger partial charge in [-0.2, -0.15) is 5.10 Å². The summed E-state index contributed by atoms with van der Waals surface area (Å²) >= 11 is 0. The highest BCUT2D eigenvalue weighted by Crippen LogP contribution is 2.19. The van der Waals surface area contributed by atoms with Crippen LogP contribution in [0, 0.1) is 19.8 Å². The molecule has 3 N–H and O–H groups in total. The number of H-pyrrole nitrogens is 1. The van der Waals surface area contributed by atoms with Crippen molar-refractivity contribution in [3.63, 3.8) is 0 Å². The lowest BCUT2D eigenvalue weighted by atomic mass is 9.97. The third kappa shape index (κ3) is 2.57. The maximum absolute atomic E-state index is 12.4. The van der Waals surface area contributed by atoms with E-state index < -0.39 is 10.0 Å². The molecule has 1 saturated heterocycles. The molecule has 2 atom stereocenters. The highest BCUT2D eigenvalue weighted by Gasteiger charge is 2.29. The normalized spacial score (nSPS) is 25.3. The molecule has 0 saturated carbocycles. The van der Waals surface area contributed by atoms with Gasteiger partial charge in [0.2, 0.25) is 10.0 Å². The van der Waals surface area contributed by atoms with E-state index in [9.17, 15) is 8.42 Å². The summed E-state index contributed by atoms with van der Waals surface area (Å²) in [5.41, 5.74) is 1.10. The van der Waals surface area contributed by atoms with Crippen molar-refractivity contribution in [3.8, 4) is 0 Å². The van der Waals surface area contributed by atoms with Crippen LogP contribution in [0.15, 0.2) is 4.90 Å². The van der Waals surface area contributed by atoms with Crippen LogP contribution in [-0.4, -0.2) is 37.7 Å². The number of aromatic amines is 1. The zero-order valence-electron chi connectivity index (χ0n) is 10.9. The maximum Gasteiger partial charge on any atom is 0.244 e. The van der Waals surface area contributed by atoms with E-state index in [0.29, 0.717) is 17.3 Å². The van der Waals surface area contributed by atoms with Gasteiger partial charge in [-0.25, -0.2) is 13.1 Å². The second kappa shape index (κ2) is 4.99. The Labute approximate surface area is 108 Å². The molecule has 2 heterocycles. The third-order valence-corrected chi connectivity index (χ3v) is 5.17. The van der Waals surface area contributed by atoms with E-state index in [-0.39, 0.29) is 10.9 Å². The Morgan fingerprint density at radius 1 is 1.39 bits per heavy atom. The number of nitrogens with one attached hydrogen (secondary N) is 3. The second-order valence-electron chi connectivity index (χ2n) is 4.96. The average molecular weight is 272 g/mol. The highest BCUT2D eigenvalue weighted by atomic mass is 32.2. The van der Waals surface area contributed by atoms with Crippen molar-refractivity contribution >= 4 is 10.0 Å². The van der Waals surface area contributed by atoms with Crippen LogP contribution in [0.1, 0.15) is 24.7 Å². The van der Waals surface area contributed by atoms with E-state index >= 15 is 0 Å². The summed E-state index contributed by atoms with van der Waals surface area (Å²) in [6.45, 7) is 7.16. The Morgan fingerprint density at radius 3 is 2.67 bits per heavy atom. The summed E-state index contributed by atoms with van der Waals surface area (Å²) < 4.78 is 27.5. The first kappa shape index (κ1) is 13.5. The summed E-state index contributed by atoms with van der Waals surface area (Å²) in [6, 6.07) is -0.00931. The molecule has 102 valence electrons. The molecule has 0 amide bonds. The number of hydrogen-bond acceptors (Lipinski definition) is 4. The molecule has 0 aliphatic carbocycles. The summed E-state index contributed by atoms with van der Waals surface area (Å²) in [6.07, 6.45) is 0.816. The van der Waals surface area contributed by atoms with Crippen molar-refractivity contribution < 1.29 is 8.42 Å². The monoisotopic (exact) mass is 272 g/mol. The standard InChI is InChI=1S/C11H20N4O2S/c1-7-6-12-5-4-10(7)15-18(16,17)11-8(2)13-14-9(11)3/h7,10,12,15H,4-6H2,1-3H3,(H,13,14). The number of piperidine rings is 1. The van der Waals surface area contributed by atoms with E-state index in [1.54, 1.807) is 13.8 Å². The van der Waals surface area contributed by atoms with Crippen LogP contribution in [-0.2, 0) is 10.0 Å². The number of nitrogens with zero attached hydrogens (tertiary/aromatic N) is 1. The summed E-state index contributed by atoms with van der Waals surface area (Å²) in [4.78, 5) is 0.285. The van der Waals surface area contributed by atoms with Crippen molar-refractivity contribution in [2.75, 3.05) is 13.1 Å². The lowest BCUT2D eigenvalue weighted by Gasteiger charge is -2.29. The van der Waals surface area contributed by atoms with E-state index in [1.807, 2.05) is 0 Å². The third-order valence-electron chi connectivity index (χ3n) is 3.42. The van der Waals surface area contributed by atoms with E-state index in [0.717, 1.165) is 19.5 Å². The molecule has 1 aromatic rings. The largest absolute Gasteiger partial charge is 0.316 e. The highest BCUT2D eigenvalue weighted by molar-refractivity contribution is 7.89. The van der Waals surface area contributed by atoms with Gasteiger partial charge in [0.05, 0.1) is 11.4 Å². The van der Waals surface area contributed by atoms with Gasteiger partial charge in [0.1, 0.15) is 4.90 Å². The van der Waals surface area contributed by atoms with Gasteiger partial charge in [-0.3, -0.25) is 5.10 Å². The fraction of sp³-hybridized carbons (Fsp3) is 0.727. The maximum atomic E-state index is 12.4. The molecule has 7 heteroatoms. The van der Waals surface area contributed by atoms with Crippen molar-refractivity contribution in [2.24, 2.45) is 5.92 Å². The fourth-order valence-electron chi connectivity index (χ4n) is 2.38. The molecule has 18 heavy (non-hydrogen) atoms. The summed E-state index contributed by atoms with van der Waals surface area (Å²) in [5, 5.41) is 9.90. The van der Waals surface area contributed by atoms with Gasteiger partial charge in [0.15, 0.2) is 0 Å². The van der Waals surface area contributed by atoms with Crippen LogP contribution >= 0.6 is 0 Å². The van der Waals surface area contributed by atoms with Crippen LogP contribution in [0.4, 0.5) is 0 Å². The number of rotatable bonds is 3. The first-order chi connectivity index (χ1) is 8.42. The minimum absolute atomic E-state index is 0.00931. The Kier molecular flexibility index (Phi) is 3.74. The minimum Gasteiger partial charge on any atom is -0.316 e. The van der Waals surface area contributed by atoms with Crippen molar-refractivity contribution in [1.82, 2.24) is 20.2 Å². The number of sulfonamides is 1. The molecule has 1 aliphatic heterocycles. The summed E-state index contributed by atoms with van der Waals surface area (Å²) in [7, 11) is -3.48. The van der Waals surface area contributed by atoms with Gasteiger partial charge >= 0.3 is 0 Å². The smallest absolute Gasteiger partial charge is 0.244 e. The van der Waals surface area contributed by atoms with Crippen molar-refractivity contribution in [2.45, 2.75) is 38.1 Å². The molecule has 2 rings (SSSR count). The Balaban J connectivity index is 2.22. The molecule has 0 spiro atoms. The molecule has 0 aromatic carbocycles. The van der Waals surface area contributed by atoms with Gasteiger partial charge in [0.25, 0.3) is 0 Å². The zero-order valence-corrected chi connectivity index (χ0v) is 11.8. The topological polar surface area (TPSA) is 86.9 Å². The molecule has 6 nitrogen and oxygen atoms in total.